The van der Waals surface area contributed by atoms with E-state index >= 15 is 0 Å². The molecule has 0 aliphatic carbocycles. The third-order valence-corrected chi connectivity index (χ3v) is 4.36. The lowest BCUT2D eigenvalue weighted by Crippen LogP contribution is -2.31. The molecule has 1 amide bonds. The van der Waals surface area contributed by atoms with Gasteiger partial charge in [0, 0.05) is 19.3 Å². The molecule has 0 atom stereocenters. The largest absolute Gasteiger partial charge is 0.472 e. The van der Waals surface area contributed by atoms with Gasteiger partial charge in [0.15, 0.2) is 5.65 Å². The lowest BCUT2D eigenvalue weighted by Gasteiger charge is -2.05. The summed E-state index contributed by atoms with van der Waals surface area (Å²) in [5.74, 6) is -0.238. The Balaban J connectivity index is 1.58. The molecule has 0 aliphatic rings. The SMILES string of the molecule is O=C(NCCn1c(=O)n(Cc2ccccc2)c2cccnc21)c1ccoc1. The minimum absolute atomic E-state index is 0.148. The molecule has 3 aromatic heterocycles. The van der Waals surface area contributed by atoms with Gasteiger partial charge in [-0.15, -0.1) is 0 Å². The predicted octanol–water partition coefficient (Wildman–Crippen LogP) is 2.27. The van der Waals surface area contributed by atoms with E-state index < -0.39 is 0 Å². The van der Waals surface area contributed by atoms with Crippen molar-refractivity contribution in [3.05, 3.63) is 88.9 Å². The van der Waals surface area contributed by atoms with E-state index in [-0.39, 0.29) is 11.6 Å². The second-order valence-corrected chi connectivity index (χ2v) is 6.12. The number of aromatic nitrogens is 3. The van der Waals surface area contributed by atoms with Crippen molar-refractivity contribution in [2.75, 3.05) is 6.54 Å². The highest BCUT2D eigenvalue weighted by molar-refractivity contribution is 5.93. The molecule has 0 bridgehead atoms. The number of amides is 1. The number of hydrogen-bond acceptors (Lipinski definition) is 4. The molecular weight excluding hydrogens is 344 g/mol. The second-order valence-electron chi connectivity index (χ2n) is 6.12. The van der Waals surface area contributed by atoms with Crippen LogP contribution in [0.2, 0.25) is 0 Å². The number of imidazole rings is 1. The van der Waals surface area contributed by atoms with E-state index in [0.29, 0.717) is 30.8 Å². The van der Waals surface area contributed by atoms with Gasteiger partial charge in [-0.1, -0.05) is 30.3 Å². The number of carbonyl (C=O) groups excluding carboxylic acids is 1. The van der Waals surface area contributed by atoms with Gasteiger partial charge >= 0.3 is 5.69 Å². The Hall–Kier alpha value is -3.61. The maximum Gasteiger partial charge on any atom is 0.330 e. The lowest BCUT2D eigenvalue weighted by atomic mass is 10.2. The van der Waals surface area contributed by atoms with Gasteiger partial charge in [0.25, 0.3) is 5.91 Å². The van der Waals surface area contributed by atoms with Crippen LogP contribution in [-0.2, 0) is 13.1 Å². The molecule has 7 heteroatoms. The monoisotopic (exact) mass is 362 g/mol. The topological polar surface area (TPSA) is 82.1 Å². The van der Waals surface area contributed by atoms with Crippen LogP contribution in [0.25, 0.3) is 11.2 Å². The summed E-state index contributed by atoms with van der Waals surface area (Å²) in [4.78, 5) is 29.3. The van der Waals surface area contributed by atoms with Gasteiger partial charge in [-0.25, -0.2) is 9.78 Å². The van der Waals surface area contributed by atoms with Crippen molar-refractivity contribution in [2.24, 2.45) is 0 Å². The van der Waals surface area contributed by atoms with Crippen LogP contribution in [-0.4, -0.2) is 26.6 Å². The van der Waals surface area contributed by atoms with Gasteiger partial charge in [0.2, 0.25) is 0 Å². The first-order valence-electron chi connectivity index (χ1n) is 8.62. The van der Waals surface area contributed by atoms with Crippen LogP contribution >= 0.6 is 0 Å². The Morgan fingerprint density at radius 1 is 1.07 bits per heavy atom. The van der Waals surface area contributed by atoms with Gasteiger partial charge < -0.3 is 9.73 Å². The van der Waals surface area contributed by atoms with Gasteiger partial charge in [0.05, 0.1) is 23.9 Å². The van der Waals surface area contributed by atoms with Crippen molar-refractivity contribution in [2.45, 2.75) is 13.1 Å². The van der Waals surface area contributed by atoms with E-state index in [4.69, 9.17) is 4.42 Å². The molecule has 4 aromatic rings. The molecule has 1 N–H and O–H groups in total. The van der Waals surface area contributed by atoms with E-state index in [1.165, 1.54) is 12.5 Å². The molecule has 0 spiro atoms. The molecule has 136 valence electrons. The molecule has 3 heterocycles. The fraction of sp³-hybridized carbons (Fsp3) is 0.150. The van der Waals surface area contributed by atoms with E-state index in [9.17, 15) is 9.59 Å². The minimum Gasteiger partial charge on any atom is -0.472 e. The Labute approximate surface area is 154 Å². The number of carbonyl (C=O) groups is 1. The van der Waals surface area contributed by atoms with Crippen molar-refractivity contribution in [1.29, 1.82) is 0 Å². The third-order valence-electron chi connectivity index (χ3n) is 4.36. The second kappa shape index (κ2) is 7.33. The maximum absolute atomic E-state index is 13.0. The first kappa shape index (κ1) is 16.8. The number of fused-ring (bicyclic) bond motifs is 1. The Kier molecular flexibility index (Phi) is 4.57. The highest BCUT2D eigenvalue weighted by atomic mass is 16.3. The fourth-order valence-electron chi connectivity index (χ4n) is 3.04. The van der Waals surface area contributed by atoms with E-state index in [0.717, 1.165) is 11.1 Å². The molecule has 0 fully saturated rings. The molecule has 0 unspecified atom stereocenters. The number of nitrogens with one attached hydrogen (secondary N) is 1. The molecule has 1 aromatic carbocycles. The molecular formula is C20H18N4O3. The summed E-state index contributed by atoms with van der Waals surface area (Å²) >= 11 is 0. The van der Waals surface area contributed by atoms with Crippen LogP contribution in [0, 0.1) is 0 Å². The van der Waals surface area contributed by atoms with Crippen LogP contribution in [0.1, 0.15) is 15.9 Å². The van der Waals surface area contributed by atoms with Crippen molar-refractivity contribution in [3.8, 4) is 0 Å². The van der Waals surface area contributed by atoms with Crippen LogP contribution < -0.4 is 11.0 Å². The van der Waals surface area contributed by atoms with E-state index in [1.807, 2.05) is 42.5 Å². The average molecular weight is 362 g/mol. The molecule has 7 nitrogen and oxygen atoms in total. The number of pyridine rings is 1. The molecule has 27 heavy (non-hydrogen) atoms. The van der Waals surface area contributed by atoms with Gasteiger partial charge in [0.1, 0.15) is 6.26 Å². The molecule has 0 radical (unpaired) electrons. The number of rotatable bonds is 6. The summed E-state index contributed by atoms with van der Waals surface area (Å²) < 4.78 is 8.20. The van der Waals surface area contributed by atoms with Crippen LogP contribution in [0.3, 0.4) is 0 Å². The van der Waals surface area contributed by atoms with Crippen LogP contribution in [0.5, 0.6) is 0 Å². The lowest BCUT2D eigenvalue weighted by molar-refractivity contribution is 0.0951. The Morgan fingerprint density at radius 3 is 2.70 bits per heavy atom. The fourth-order valence-corrected chi connectivity index (χ4v) is 3.04. The summed E-state index contributed by atoms with van der Waals surface area (Å²) in [6.45, 7) is 1.11. The Morgan fingerprint density at radius 2 is 1.93 bits per heavy atom. The summed E-state index contributed by atoms with van der Waals surface area (Å²) in [5, 5.41) is 2.79. The van der Waals surface area contributed by atoms with Gasteiger partial charge in [-0.2, -0.15) is 0 Å². The third kappa shape index (κ3) is 3.39. The number of hydrogen-bond donors (Lipinski definition) is 1. The quantitative estimate of drug-likeness (QED) is 0.570. The smallest absolute Gasteiger partial charge is 0.330 e. The first-order valence-corrected chi connectivity index (χ1v) is 8.62. The highest BCUT2D eigenvalue weighted by Gasteiger charge is 2.14. The van der Waals surface area contributed by atoms with Crippen molar-refractivity contribution in [1.82, 2.24) is 19.4 Å². The van der Waals surface area contributed by atoms with Crippen LogP contribution in [0.4, 0.5) is 0 Å². The number of nitrogens with zero attached hydrogens (tertiary/aromatic N) is 3. The average Bonchev–Trinajstić information content (AvgIpc) is 3.32. The van der Waals surface area contributed by atoms with Crippen molar-refractivity contribution >= 4 is 17.1 Å². The zero-order valence-electron chi connectivity index (χ0n) is 14.5. The first-order chi connectivity index (χ1) is 13.2. The molecule has 4 rings (SSSR count). The summed E-state index contributed by atoms with van der Waals surface area (Å²) in [7, 11) is 0. The zero-order valence-corrected chi connectivity index (χ0v) is 14.5. The maximum atomic E-state index is 13.0. The van der Waals surface area contributed by atoms with Crippen molar-refractivity contribution in [3.63, 3.8) is 0 Å². The molecule has 0 aliphatic heterocycles. The normalized spacial score (nSPS) is 11.0. The van der Waals surface area contributed by atoms with Gasteiger partial charge in [-0.3, -0.25) is 13.9 Å². The number of furan rings is 1. The molecule has 0 saturated carbocycles. The predicted molar refractivity (Wildman–Crippen MR) is 101 cm³/mol. The van der Waals surface area contributed by atoms with Gasteiger partial charge in [-0.05, 0) is 23.8 Å². The Bertz CT molecular complexity index is 1110. The highest BCUT2D eigenvalue weighted by Crippen LogP contribution is 2.12. The molecule has 0 saturated heterocycles. The zero-order chi connectivity index (χ0) is 18.6. The minimum atomic E-state index is -0.238. The van der Waals surface area contributed by atoms with E-state index in [2.05, 4.69) is 10.3 Å². The summed E-state index contributed by atoms with van der Waals surface area (Å²) in [5.41, 5.74) is 2.72. The van der Waals surface area contributed by atoms with Crippen LogP contribution in [0.15, 0.2) is 76.5 Å². The summed E-state index contributed by atoms with van der Waals surface area (Å²) in [6.07, 6.45) is 4.49. The summed E-state index contributed by atoms with van der Waals surface area (Å²) in [6, 6.07) is 15.1. The van der Waals surface area contributed by atoms with E-state index in [1.54, 1.807) is 21.4 Å². The standard InChI is InChI=1S/C20H18N4O3/c25-19(16-8-12-27-14-16)22-10-11-23-18-17(7-4-9-21-18)24(20(23)26)13-15-5-2-1-3-6-15/h1-9,12,14H,10-11,13H2,(H,22,25). The van der Waals surface area contributed by atoms with Crippen molar-refractivity contribution < 1.29 is 9.21 Å². The number of benzene rings is 1.